The van der Waals surface area contributed by atoms with E-state index in [0.717, 1.165) is 10.6 Å². The molecular weight excluding hydrogens is 428 g/mol. The number of fused-ring (bicyclic) bond motifs is 1. The normalized spacial score (nSPS) is 14.6. The summed E-state index contributed by atoms with van der Waals surface area (Å²) in [5.41, 5.74) is 1.24. The number of esters is 1. The first kappa shape index (κ1) is 21.5. The second-order valence-corrected chi connectivity index (χ2v) is 8.19. The van der Waals surface area contributed by atoms with E-state index in [1.807, 2.05) is 48.5 Å². The number of carbonyl (C=O) groups is 3. The first-order valence-corrected chi connectivity index (χ1v) is 10.8. The summed E-state index contributed by atoms with van der Waals surface area (Å²) in [6, 6.07) is 23.5. The molecule has 32 heavy (non-hydrogen) atoms. The standard InChI is InChI=1S/C24H20N2O5S/c27-22(25-16-7-6-10-18(13-16)31-17-8-2-1-3-9-17)15-30-23(28)14-21-24(29)26-19-11-4-5-12-20(19)32-21/h1-13,21H,14-15H2,(H,25,27)(H,26,29)/t21-/m1/s1. The van der Waals surface area contributed by atoms with Crippen molar-refractivity contribution >= 4 is 40.9 Å². The van der Waals surface area contributed by atoms with Gasteiger partial charge in [-0.25, -0.2) is 0 Å². The molecule has 0 radical (unpaired) electrons. The highest BCUT2D eigenvalue weighted by Crippen LogP contribution is 2.36. The number of hydrogen-bond donors (Lipinski definition) is 2. The molecule has 162 valence electrons. The number of nitrogens with one attached hydrogen (secondary N) is 2. The summed E-state index contributed by atoms with van der Waals surface area (Å²) < 4.78 is 10.8. The van der Waals surface area contributed by atoms with E-state index in [0.29, 0.717) is 17.2 Å². The van der Waals surface area contributed by atoms with Crippen molar-refractivity contribution in [2.24, 2.45) is 0 Å². The predicted octanol–water partition coefficient (Wildman–Crippen LogP) is 4.46. The van der Waals surface area contributed by atoms with E-state index in [-0.39, 0.29) is 12.3 Å². The summed E-state index contributed by atoms with van der Waals surface area (Å²) in [5, 5.41) is 4.84. The van der Waals surface area contributed by atoms with Gasteiger partial charge in [-0.05, 0) is 36.4 Å². The smallest absolute Gasteiger partial charge is 0.307 e. The summed E-state index contributed by atoms with van der Waals surface area (Å²) in [5.74, 6) is -0.122. The van der Waals surface area contributed by atoms with E-state index in [1.165, 1.54) is 11.8 Å². The van der Waals surface area contributed by atoms with Crippen LogP contribution < -0.4 is 15.4 Å². The fourth-order valence-electron chi connectivity index (χ4n) is 3.04. The maximum absolute atomic E-state index is 12.2. The van der Waals surface area contributed by atoms with Crippen molar-refractivity contribution in [1.82, 2.24) is 0 Å². The fraction of sp³-hybridized carbons (Fsp3) is 0.125. The molecule has 0 spiro atoms. The van der Waals surface area contributed by atoms with Crippen LogP contribution in [0, 0.1) is 0 Å². The Hall–Kier alpha value is -3.78. The van der Waals surface area contributed by atoms with E-state index in [4.69, 9.17) is 9.47 Å². The Labute approximate surface area is 189 Å². The number of rotatable bonds is 7. The van der Waals surface area contributed by atoms with Gasteiger partial charge in [-0.1, -0.05) is 36.4 Å². The molecule has 7 nitrogen and oxygen atoms in total. The van der Waals surface area contributed by atoms with Crippen molar-refractivity contribution in [2.45, 2.75) is 16.6 Å². The van der Waals surface area contributed by atoms with Crippen LogP contribution in [0.1, 0.15) is 6.42 Å². The lowest BCUT2D eigenvalue weighted by molar-refractivity contribution is -0.147. The first-order valence-electron chi connectivity index (χ1n) is 9.92. The van der Waals surface area contributed by atoms with Gasteiger partial charge in [0.2, 0.25) is 5.91 Å². The van der Waals surface area contributed by atoms with Gasteiger partial charge in [-0.15, -0.1) is 11.8 Å². The second-order valence-electron chi connectivity index (χ2n) is 6.95. The predicted molar refractivity (Wildman–Crippen MR) is 122 cm³/mol. The number of amides is 2. The molecule has 0 aromatic heterocycles. The van der Waals surface area contributed by atoms with Crippen LogP contribution in [0.5, 0.6) is 11.5 Å². The molecule has 2 N–H and O–H groups in total. The Bertz CT molecular complexity index is 1140. The van der Waals surface area contributed by atoms with Crippen LogP contribution in [0.25, 0.3) is 0 Å². The van der Waals surface area contributed by atoms with Gasteiger partial charge >= 0.3 is 5.97 Å². The third-order valence-corrected chi connectivity index (χ3v) is 5.79. The zero-order chi connectivity index (χ0) is 22.3. The topological polar surface area (TPSA) is 93.7 Å². The van der Waals surface area contributed by atoms with Gasteiger partial charge in [0.1, 0.15) is 11.5 Å². The Morgan fingerprint density at radius 3 is 2.53 bits per heavy atom. The summed E-state index contributed by atoms with van der Waals surface area (Å²) in [4.78, 5) is 37.5. The van der Waals surface area contributed by atoms with Crippen molar-refractivity contribution in [3.63, 3.8) is 0 Å². The van der Waals surface area contributed by atoms with Crippen LogP contribution in [-0.4, -0.2) is 29.6 Å². The maximum atomic E-state index is 12.2. The molecule has 4 rings (SSSR count). The molecule has 1 aliphatic rings. The van der Waals surface area contributed by atoms with Gasteiger partial charge in [-0.2, -0.15) is 0 Å². The summed E-state index contributed by atoms with van der Waals surface area (Å²) >= 11 is 1.31. The minimum Gasteiger partial charge on any atom is -0.457 e. The van der Waals surface area contributed by atoms with Gasteiger partial charge < -0.3 is 20.1 Å². The number of hydrogen-bond acceptors (Lipinski definition) is 6. The molecule has 1 atom stereocenters. The van der Waals surface area contributed by atoms with Gasteiger partial charge in [0, 0.05) is 16.6 Å². The van der Waals surface area contributed by atoms with Crippen molar-refractivity contribution in [3.05, 3.63) is 78.9 Å². The minimum atomic E-state index is -0.617. The lowest BCUT2D eigenvalue weighted by atomic mass is 10.2. The van der Waals surface area contributed by atoms with Crippen molar-refractivity contribution < 1.29 is 23.9 Å². The Kier molecular flexibility index (Phi) is 6.72. The molecule has 1 heterocycles. The Morgan fingerprint density at radius 1 is 0.938 bits per heavy atom. The van der Waals surface area contributed by atoms with E-state index >= 15 is 0 Å². The number of anilines is 2. The highest BCUT2D eigenvalue weighted by atomic mass is 32.2. The molecule has 0 saturated heterocycles. The van der Waals surface area contributed by atoms with Crippen molar-refractivity contribution in [1.29, 1.82) is 0 Å². The third kappa shape index (κ3) is 5.67. The number of benzene rings is 3. The molecule has 8 heteroatoms. The van der Waals surface area contributed by atoms with Crippen LogP contribution in [0.15, 0.2) is 83.8 Å². The number of ether oxygens (including phenoxy) is 2. The lowest BCUT2D eigenvalue weighted by Crippen LogP contribution is -2.32. The number of carbonyl (C=O) groups excluding carboxylic acids is 3. The van der Waals surface area contributed by atoms with E-state index in [9.17, 15) is 14.4 Å². The number of thioether (sulfide) groups is 1. The van der Waals surface area contributed by atoms with E-state index in [2.05, 4.69) is 10.6 Å². The molecule has 3 aromatic rings. The number of para-hydroxylation sites is 2. The molecule has 0 fully saturated rings. The molecule has 0 saturated carbocycles. The lowest BCUT2D eigenvalue weighted by Gasteiger charge is -2.23. The van der Waals surface area contributed by atoms with Crippen LogP contribution in [-0.2, 0) is 19.1 Å². The van der Waals surface area contributed by atoms with Crippen molar-refractivity contribution in [2.75, 3.05) is 17.2 Å². The van der Waals surface area contributed by atoms with Gasteiger partial charge in [0.05, 0.1) is 17.4 Å². The Balaban J connectivity index is 1.26. The van der Waals surface area contributed by atoms with Gasteiger partial charge in [0.25, 0.3) is 5.91 Å². The molecule has 2 amide bonds. The maximum Gasteiger partial charge on any atom is 0.307 e. The molecule has 0 unspecified atom stereocenters. The molecule has 0 bridgehead atoms. The molecule has 1 aliphatic heterocycles. The van der Waals surface area contributed by atoms with Gasteiger partial charge in [-0.3, -0.25) is 14.4 Å². The van der Waals surface area contributed by atoms with Crippen LogP contribution in [0.3, 0.4) is 0 Å². The largest absolute Gasteiger partial charge is 0.457 e. The van der Waals surface area contributed by atoms with Crippen LogP contribution >= 0.6 is 11.8 Å². The van der Waals surface area contributed by atoms with E-state index < -0.39 is 23.7 Å². The summed E-state index contributed by atoms with van der Waals surface area (Å²) in [6.07, 6.45) is -0.126. The third-order valence-electron chi connectivity index (χ3n) is 4.52. The highest BCUT2D eigenvalue weighted by Gasteiger charge is 2.29. The SMILES string of the molecule is O=C(COC(=O)C[C@H]1Sc2ccccc2NC1=O)Nc1cccc(Oc2ccccc2)c1. The quantitative estimate of drug-likeness (QED) is 0.518. The zero-order valence-electron chi connectivity index (χ0n) is 16.9. The summed E-state index contributed by atoms with van der Waals surface area (Å²) in [7, 11) is 0. The molecule has 3 aromatic carbocycles. The van der Waals surface area contributed by atoms with Crippen molar-refractivity contribution in [3.8, 4) is 11.5 Å². The van der Waals surface area contributed by atoms with Crippen LogP contribution in [0.4, 0.5) is 11.4 Å². The monoisotopic (exact) mass is 448 g/mol. The first-order chi connectivity index (χ1) is 15.6. The molecule has 0 aliphatic carbocycles. The zero-order valence-corrected chi connectivity index (χ0v) is 17.8. The van der Waals surface area contributed by atoms with E-state index in [1.54, 1.807) is 30.3 Å². The average Bonchev–Trinajstić information content (AvgIpc) is 2.79. The summed E-state index contributed by atoms with van der Waals surface area (Å²) in [6.45, 7) is -0.446. The minimum absolute atomic E-state index is 0.126. The highest BCUT2D eigenvalue weighted by molar-refractivity contribution is 8.01. The van der Waals surface area contributed by atoms with Crippen LogP contribution in [0.2, 0.25) is 0 Å². The fourth-order valence-corrected chi connectivity index (χ4v) is 4.14. The Morgan fingerprint density at radius 2 is 1.69 bits per heavy atom. The second kappa shape index (κ2) is 10.0. The average molecular weight is 449 g/mol. The van der Waals surface area contributed by atoms with Gasteiger partial charge in [0.15, 0.2) is 6.61 Å². The molecular formula is C24H20N2O5S.